The van der Waals surface area contributed by atoms with Crippen molar-refractivity contribution >= 4 is 46.4 Å². The molecule has 0 radical (unpaired) electrons. The van der Waals surface area contributed by atoms with Crippen LogP contribution < -0.4 is 10.8 Å². The lowest BCUT2D eigenvalue weighted by molar-refractivity contribution is 0.316. The van der Waals surface area contributed by atoms with E-state index in [1.165, 1.54) is 22.5 Å². The molecule has 0 aliphatic carbocycles. The van der Waals surface area contributed by atoms with E-state index in [9.17, 15) is 13.5 Å². The first-order chi connectivity index (χ1) is 16.8. The van der Waals surface area contributed by atoms with E-state index in [-0.39, 0.29) is 21.6 Å². The van der Waals surface area contributed by atoms with Crippen molar-refractivity contribution in [2.45, 2.75) is 30.2 Å². The number of benzene rings is 1. The minimum atomic E-state index is -3.76. The van der Waals surface area contributed by atoms with E-state index < -0.39 is 10.0 Å². The minimum absolute atomic E-state index is 0.00253. The fourth-order valence-electron chi connectivity index (χ4n) is 4.36. The standard InChI is InChI=1S/C23H24BClN6O3S/c24-20-14-28-31-22(27-13-15-2-1-5-26-12-15)11-21(29-23(20)31)16-3-6-30(7-4-16)35(33,34)19-9-17(25)8-18(32)10-19/h1-2,5,8-12,14,16,27,32H,3-4,6-7,13,24H2. The van der Waals surface area contributed by atoms with Crippen LogP contribution in [0, 0.1) is 0 Å². The predicted octanol–water partition coefficient (Wildman–Crippen LogP) is 1.92. The van der Waals surface area contributed by atoms with Crippen LogP contribution in [0.4, 0.5) is 5.82 Å². The van der Waals surface area contributed by atoms with Crippen molar-refractivity contribution in [3.63, 3.8) is 0 Å². The van der Waals surface area contributed by atoms with Crippen molar-refractivity contribution in [3.8, 4) is 5.75 Å². The summed E-state index contributed by atoms with van der Waals surface area (Å²) < 4.78 is 29.5. The Bertz CT molecular complexity index is 1450. The van der Waals surface area contributed by atoms with Crippen LogP contribution in [0.25, 0.3) is 5.65 Å². The summed E-state index contributed by atoms with van der Waals surface area (Å²) in [6.07, 6.45) is 6.60. The van der Waals surface area contributed by atoms with Crippen molar-refractivity contribution in [2.75, 3.05) is 18.4 Å². The van der Waals surface area contributed by atoms with E-state index in [4.69, 9.17) is 16.6 Å². The minimum Gasteiger partial charge on any atom is -0.508 e. The zero-order chi connectivity index (χ0) is 24.6. The van der Waals surface area contributed by atoms with E-state index in [0.29, 0.717) is 32.5 Å². The summed E-state index contributed by atoms with van der Waals surface area (Å²) in [7, 11) is -1.78. The monoisotopic (exact) mass is 510 g/mol. The van der Waals surface area contributed by atoms with Gasteiger partial charge in [-0.2, -0.15) is 13.9 Å². The van der Waals surface area contributed by atoms with Gasteiger partial charge in [-0.15, -0.1) is 0 Å². The molecule has 1 saturated heterocycles. The summed E-state index contributed by atoms with van der Waals surface area (Å²) in [4.78, 5) is 9.03. The molecule has 0 saturated carbocycles. The van der Waals surface area contributed by atoms with Crippen LogP contribution in [0.1, 0.15) is 30.0 Å². The number of aromatic hydroxyl groups is 1. The number of nitrogens with zero attached hydrogens (tertiary/aromatic N) is 5. The molecule has 35 heavy (non-hydrogen) atoms. The summed E-state index contributed by atoms with van der Waals surface area (Å²) in [5.41, 5.74) is 3.71. The number of hydrogen-bond donors (Lipinski definition) is 2. The molecule has 0 bridgehead atoms. The average Bonchev–Trinajstić information content (AvgIpc) is 3.23. The van der Waals surface area contributed by atoms with Crippen LogP contribution in [0.15, 0.2) is 59.9 Å². The van der Waals surface area contributed by atoms with Crippen LogP contribution in [0.2, 0.25) is 5.02 Å². The number of nitrogens with one attached hydrogen (secondary N) is 1. The molecule has 0 atom stereocenters. The van der Waals surface area contributed by atoms with Gasteiger partial charge in [0.15, 0.2) is 5.65 Å². The summed E-state index contributed by atoms with van der Waals surface area (Å²) in [5, 5.41) is 17.9. The van der Waals surface area contributed by atoms with Gasteiger partial charge >= 0.3 is 0 Å². The number of phenols is 1. The number of sulfonamides is 1. The molecule has 0 unspecified atom stereocenters. The highest BCUT2D eigenvalue weighted by atomic mass is 35.5. The molecule has 5 rings (SSSR count). The van der Waals surface area contributed by atoms with Crippen LogP contribution in [-0.2, 0) is 16.6 Å². The summed E-state index contributed by atoms with van der Waals surface area (Å²) in [6, 6.07) is 9.80. The molecule has 1 aliphatic heterocycles. The number of anilines is 1. The van der Waals surface area contributed by atoms with Gasteiger partial charge in [0.1, 0.15) is 19.4 Å². The van der Waals surface area contributed by atoms with Gasteiger partial charge in [0.05, 0.1) is 4.90 Å². The Morgan fingerprint density at radius 2 is 1.97 bits per heavy atom. The molecule has 12 heteroatoms. The third kappa shape index (κ3) is 4.84. The second kappa shape index (κ2) is 9.48. The maximum absolute atomic E-state index is 13.1. The van der Waals surface area contributed by atoms with Crippen molar-refractivity contribution in [2.24, 2.45) is 0 Å². The molecule has 0 amide bonds. The molecular formula is C23H24BClN6O3S. The Morgan fingerprint density at radius 1 is 1.17 bits per heavy atom. The first kappa shape index (κ1) is 23.6. The van der Waals surface area contributed by atoms with Crippen molar-refractivity contribution < 1.29 is 13.5 Å². The fraction of sp³-hybridized carbons (Fsp3) is 0.261. The molecule has 1 aromatic carbocycles. The smallest absolute Gasteiger partial charge is 0.243 e. The lowest BCUT2D eigenvalue weighted by atomic mass is 9.94. The Balaban J connectivity index is 1.36. The summed E-state index contributed by atoms with van der Waals surface area (Å²) in [5.74, 6) is 0.754. The number of aromatic nitrogens is 4. The number of pyridine rings is 1. The number of fused-ring (bicyclic) bond motifs is 1. The Kier molecular flexibility index (Phi) is 6.39. The zero-order valence-corrected chi connectivity index (χ0v) is 20.7. The van der Waals surface area contributed by atoms with Gasteiger partial charge in [-0.3, -0.25) is 4.98 Å². The van der Waals surface area contributed by atoms with Gasteiger partial charge < -0.3 is 10.4 Å². The van der Waals surface area contributed by atoms with E-state index in [2.05, 4.69) is 15.4 Å². The second-order valence-electron chi connectivity index (χ2n) is 8.67. The highest BCUT2D eigenvalue weighted by molar-refractivity contribution is 7.89. The molecule has 0 spiro atoms. The SMILES string of the molecule is Bc1cnn2c(NCc3cccnc3)cc(C3CCN(S(=O)(=O)c4cc(O)cc(Cl)c4)CC3)nc12. The number of rotatable bonds is 6. The molecule has 1 aliphatic rings. The van der Waals surface area contributed by atoms with Crippen LogP contribution in [-0.4, -0.2) is 58.3 Å². The quantitative estimate of drug-likeness (QED) is 0.381. The third-order valence-electron chi connectivity index (χ3n) is 6.23. The van der Waals surface area contributed by atoms with Gasteiger partial charge in [0.2, 0.25) is 10.0 Å². The number of hydrogen-bond acceptors (Lipinski definition) is 7. The van der Waals surface area contributed by atoms with E-state index >= 15 is 0 Å². The van der Waals surface area contributed by atoms with E-state index in [1.807, 2.05) is 32.2 Å². The van der Waals surface area contributed by atoms with Crippen LogP contribution in [0.3, 0.4) is 0 Å². The molecule has 9 nitrogen and oxygen atoms in total. The Labute approximate surface area is 209 Å². The van der Waals surface area contributed by atoms with Crippen molar-refractivity contribution in [1.29, 1.82) is 0 Å². The Morgan fingerprint density at radius 3 is 2.69 bits per heavy atom. The largest absolute Gasteiger partial charge is 0.508 e. The highest BCUT2D eigenvalue weighted by Crippen LogP contribution is 2.32. The normalized spacial score (nSPS) is 15.5. The van der Waals surface area contributed by atoms with Crippen molar-refractivity contribution in [1.82, 2.24) is 23.9 Å². The number of piperidine rings is 1. The molecular weight excluding hydrogens is 487 g/mol. The number of phenolic OH excluding ortho intramolecular Hbond substituents is 1. The highest BCUT2D eigenvalue weighted by Gasteiger charge is 2.31. The first-order valence-electron chi connectivity index (χ1n) is 11.3. The maximum atomic E-state index is 13.1. The van der Waals surface area contributed by atoms with Crippen molar-refractivity contribution in [3.05, 3.63) is 71.3 Å². The molecule has 1 fully saturated rings. The lowest BCUT2D eigenvalue weighted by Crippen LogP contribution is -2.38. The van der Waals surface area contributed by atoms with E-state index in [0.717, 1.165) is 28.2 Å². The average molecular weight is 511 g/mol. The lowest BCUT2D eigenvalue weighted by Gasteiger charge is -2.31. The summed E-state index contributed by atoms with van der Waals surface area (Å²) >= 11 is 5.96. The first-order valence-corrected chi connectivity index (χ1v) is 13.1. The van der Waals surface area contributed by atoms with E-state index in [1.54, 1.807) is 16.9 Å². The molecule has 2 N–H and O–H groups in total. The van der Waals surface area contributed by atoms with Gasteiger partial charge in [0, 0.05) is 60.9 Å². The van der Waals surface area contributed by atoms with Gasteiger partial charge in [-0.1, -0.05) is 17.7 Å². The van der Waals surface area contributed by atoms with Gasteiger partial charge in [-0.05, 0) is 48.1 Å². The second-order valence-corrected chi connectivity index (χ2v) is 11.0. The van der Waals surface area contributed by atoms with Gasteiger partial charge in [0.25, 0.3) is 0 Å². The third-order valence-corrected chi connectivity index (χ3v) is 8.33. The molecule has 4 heterocycles. The fourth-order valence-corrected chi connectivity index (χ4v) is 6.19. The summed E-state index contributed by atoms with van der Waals surface area (Å²) in [6.45, 7) is 1.29. The zero-order valence-electron chi connectivity index (χ0n) is 19.1. The van der Waals surface area contributed by atoms with Gasteiger partial charge in [-0.25, -0.2) is 13.4 Å². The predicted molar refractivity (Wildman–Crippen MR) is 137 cm³/mol. The Hall–Kier alpha value is -3.15. The number of halogens is 1. The molecule has 4 aromatic rings. The maximum Gasteiger partial charge on any atom is 0.243 e. The molecule has 3 aromatic heterocycles. The van der Waals surface area contributed by atoms with Crippen LogP contribution >= 0.6 is 11.6 Å². The molecule has 180 valence electrons. The van der Waals surface area contributed by atoms with Crippen LogP contribution in [0.5, 0.6) is 5.75 Å². The topological polar surface area (TPSA) is 113 Å².